The van der Waals surface area contributed by atoms with Crippen LogP contribution in [0.1, 0.15) is 13.3 Å². The first-order valence-corrected chi connectivity index (χ1v) is 7.71. The van der Waals surface area contributed by atoms with Crippen molar-refractivity contribution >= 4 is 23.5 Å². The van der Waals surface area contributed by atoms with Gasteiger partial charge < -0.3 is 19.5 Å². The van der Waals surface area contributed by atoms with Gasteiger partial charge in [-0.2, -0.15) is 0 Å². The number of para-hydroxylation sites is 1. The van der Waals surface area contributed by atoms with E-state index >= 15 is 0 Å². The second kappa shape index (κ2) is 10.1. The molecule has 1 unspecified atom stereocenters. The van der Waals surface area contributed by atoms with Crippen molar-refractivity contribution in [2.75, 3.05) is 33.4 Å². The van der Waals surface area contributed by atoms with Gasteiger partial charge in [-0.25, -0.2) is 0 Å². The van der Waals surface area contributed by atoms with E-state index in [1.54, 1.807) is 31.2 Å². The zero-order valence-electron chi connectivity index (χ0n) is 13.3. The predicted molar refractivity (Wildman–Crippen MR) is 86.4 cm³/mol. The molecule has 0 saturated carbocycles. The molecule has 0 fully saturated rings. The SMILES string of the molecule is COC(=O)C(C)CN(CCCO)C(=O)COc1ccccc1Cl. The number of hydrogen-bond acceptors (Lipinski definition) is 5. The number of rotatable bonds is 9. The summed E-state index contributed by atoms with van der Waals surface area (Å²) in [5.41, 5.74) is 0. The molecule has 0 aliphatic rings. The molecule has 0 bridgehead atoms. The van der Waals surface area contributed by atoms with Crippen LogP contribution in [0.4, 0.5) is 0 Å². The molecule has 0 heterocycles. The molecule has 0 radical (unpaired) electrons. The van der Waals surface area contributed by atoms with Crippen LogP contribution in [0.25, 0.3) is 0 Å². The van der Waals surface area contributed by atoms with Gasteiger partial charge in [0.2, 0.25) is 0 Å². The summed E-state index contributed by atoms with van der Waals surface area (Å²) in [6.45, 7) is 1.99. The summed E-state index contributed by atoms with van der Waals surface area (Å²) in [4.78, 5) is 25.3. The van der Waals surface area contributed by atoms with Gasteiger partial charge >= 0.3 is 5.97 Å². The fourth-order valence-corrected chi connectivity index (χ4v) is 2.17. The van der Waals surface area contributed by atoms with Crippen LogP contribution in [0.15, 0.2) is 24.3 Å². The average Bonchev–Trinajstić information content (AvgIpc) is 2.56. The Morgan fingerprint density at radius 1 is 1.35 bits per heavy atom. The molecular weight excluding hydrogens is 322 g/mol. The number of aliphatic hydroxyl groups is 1. The molecule has 1 rings (SSSR count). The Balaban J connectivity index is 2.64. The van der Waals surface area contributed by atoms with Gasteiger partial charge in [-0.05, 0) is 18.6 Å². The highest BCUT2D eigenvalue weighted by Crippen LogP contribution is 2.23. The fraction of sp³-hybridized carbons (Fsp3) is 0.500. The molecule has 23 heavy (non-hydrogen) atoms. The molecule has 1 aromatic carbocycles. The molecule has 1 atom stereocenters. The van der Waals surface area contributed by atoms with Crippen molar-refractivity contribution in [1.29, 1.82) is 0 Å². The third kappa shape index (κ3) is 6.46. The van der Waals surface area contributed by atoms with Gasteiger partial charge in [0.25, 0.3) is 5.91 Å². The number of ether oxygens (including phenoxy) is 2. The highest BCUT2D eigenvalue weighted by Gasteiger charge is 2.21. The maximum Gasteiger partial charge on any atom is 0.310 e. The average molecular weight is 344 g/mol. The molecule has 7 heteroatoms. The van der Waals surface area contributed by atoms with Gasteiger partial charge in [-0.3, -0.25) is 9.59 Å². The van der Waals surface area contributed by atoms with E-state index in [2.05, 4.69) is 4.74 Å². The highest BCUT2D eigenvalue weighted by atomic mass is 35.5. The Labute approximate surface area is 140 Å². The summed E-state index contributed by atoms with van der Waals surface area (Å²) in [6, 6.07) is 6.87. The maximum atomic E-state index is 12.3. The monoisotopic (exact) mass is 343 g/mol. The normalized spacial score (nSPS) is 11.7. The van der Waals surface area contributed by atoms with Crippen LogP contribution >= 0.6 is 11.6 Å². The van der Waals surface area contributed by atoms with Crippen LogP contribution in [-0.2, 0) is 14.3 Å². The number of aliphatic hydroxyl groups excluding tert-OH is 1. The Morgan fingerprint density at radius 3 is 2.65 bits per heavy atom. The number of amides is 1. The van der Waals surface area contributed by atoms with E-state index in [-0.39, 0.29) is 31.6 Å². The van der Waals surface area contributed by atoms with Crippen molar-refractivity contribution in [2.45, 2.75) is 13.3 Å². The lowest BCUT2D eigenvalue weighted by Gasteiger charge is -2.25. The Bertz CT molecular complexity index is 523. The second-order valence-corrected chi connectivity index (χ2v) is 5.47. The van der Waals surface area contributed by atoms with Crippen molar-refractivity contribution in [2.24, 2.45) is 5.92 Å². The van der Waals surface area contributed by atoms with Crippen LogP contribution in [0.5, 0.6) is 5.75 Å². The third-order valence-electron chi connectivity index (χ3n) is 3.22. The van der Waals surface area contributed by atoms with Gasteiger partial charge in [0, 0.05) is 19.7 Å². The summed E-state index contributed by atoms with van der Waals surface area (Å²) < 4.78 is 10.1. The number of nitrogens with zero attached hydrogens (tertiary/aromatic N) is 1. The minimum atomic E-state index is -0.456. The first kappa shape index (κ1) is 19.3. The summed E-state index contributed by atoms with van der Waals surface area (Å²) in [5.74, 6) is -0.707. The predicted octanol–water partition coefficient (Wildman–Crippen LogP) is 1.74. The van der Waals surface area contributed by atoms with Gasteiger partial charge in [0.15, 0.2) is 6.61 Å². The van der Waals surface area contributed by atoms with Crippen molar-refractivity contribution < 1.29 is 24.2 Å². The largest absolute Gasteiger partial charge is 0.482 e. The molecule has 6 nitrogen and oxygen atoms in total. The van der Waals surface area contributed by atoms with E-state index in [0.29, 0.717) is 23.7 Å². The standard InChI is InChI=1S/C16H22ClNO5/c1-12(16(21)22-2)10-18(8-5-9-19)15(20)11-23-14-7-4-3-6-13(14)17/h3-4,6-7,12,19H,5,8-11H2,1-2H3. The lowest BCUT2D eigenvalue weighted by Crippen LogP contribution is -2.40. The lowest BCUT2D eigenvalue weighted by atomic mass is 10.1. The van der Waals surface area contributed by atoms with Gasteiger partial charge in [-0.1, -0.05) is 30.7 Å². The van der Waals surface area contributed by atoms with Gasteiger partial charge in [-0.15, -0.1) is 0 Å². The molecule has 128 valence electrons. The van der Waals surface area contributed by atoms with Crippen LogP contribution in [0.2, 0.25) is 5.02 Å². The summed E-state index contributed by atoms with van der Waals surface area (Å²) in [7, 11) is 1.30. The van der Waals surface area contributed by atoms with Crippen molar-refractivity contribution in [3.63, 3.8) is 0 Å². The third-order valence-corrected chi connectivity index (χ3v) is 3.54. The number of carbonyl (C=O) groups is 2. The van der Waals surface area contributed by atoms with Crippen LogP contribution in [0, 0.1) is 5.92 Å². The number of hydrogen-bond donors (Lipinski definition) is 1. The number of benzene rings is 1. The molecule has 1 N–H and O–H groups in total. The quantitative estimate of drug-likeness (QED) is 0.691. The topological polar surface area (TPSA) is 76.1 Å². The fourth-order valence-electron chi connectivity index (χ4n) is 1.98. The minimum Gasteiger partial charge on any atom is -0.482 e. The highest BCUT2D eigenvalue weighted by molar-refractivity contribution is 6.32. The van der Waals surface area contributed by atoms with E-state index in [9.17, 15) is 9.59 Å². The minimum absolute atomic E-state index is 0.0399. The van der Waals surface area contributed by atoms with Crippen molar-refractivity contribution in [1.82, 2.24) is 4.90 Å². The number of halogens is 1. The van der Waals surface area contributed by atoms with Crippen molar-refractivity contribution in [3.8, 4) is 5.75 Å². The molecule has 1 aromatic rings. The molecule has 0 aliphatic heterocycles. The van der Waals surface area contributed by atoms with E-state index in [4.69, 9.17) is 21.4 Å². The Kier molecular flexibility index (Phi) is 8.43. The molecule has 0 aromatic heterocycles. The number of methoxy groups -OCH3 is 1. The molecule has 0 saturated heterocycles. The van der Waals surface area contributed by atoms with Gasteiger partial charge in [0.05, 0.1) is 18.1 Å². The first-order chi connectivity index (χ1) is 11.0. The molecule has 0 spiro atoms. The number of esters is 1. The van der Waals surface area contributed by atoms with E-state index < -0.39 is 5.92 Å². The zero-order chi connectivity index (χ0) is 17.2. The van der Waals surface area contributed by atoms with E-state index in [1.807, 2.05) is 0 Å². The van der Waals surface area contributed by atoms with Crippen LogP contribution in [-0.4, -0.2) is 55.3 Å². The molecular formula is C16H22ClNO5. The summed E-state index contributed by atoms with van der Waals surface area (Å²) in [6.07, 6.45) is 0.422. The Morgan fingerprint density at radius 2 is 2.04 bits per heavy atom. The summed E-state index contributed by atoms with van der Waals surface area (Å²) in [5, 5.41) is 9.37. The Hall–Kier alpha value is -1.79. The number of carbonyl (C=O) groups excluding carboxylic acids is 2. The first-order valence-electron chi connectivity index (χ1n) is 7.33. The summed E-state index contributed by atoms with van der Waals surface area (Å²) >= 11 is 5.97. The van der Waals surface area contributed by atoms with Crippen LogP contribution < -0.4 is 4.74 Å². The second-order valence-electron chi connectivity index (χ2n) is 5.06. The van der Waals surface area contributed by atoms with E-state index in [0.717, 1.165) is 0 Å². The maximum absolute atomic E-state index is 12.3. The molecule has 0 aliphatic carbocycles. The molecule has 1 amide bonds. The zero-order valence-corrected chi connectivity index (χ0v) is 14.1. The lowest BCUT2D eigenvalue weighted by molar-refractivity contribution is -0.146. The van der Waals surface area contributed by atoms with Gasteiger partial charge in [0.1, 0.15) is 5.75 Å². The smallest absolute Gasteiger partial charge is 0.310 e. The van der Waals surface area contributed by atoms with E-state index in [1.165, 1.54) is 12.0 Å². The van der Waals surface area contributed by atoms with Crippen LogP contribution in [0.3, 0.4) is 0 Å². The van der Waals surface area contributed by atoms with Crippen molar-refractivity contribution in [3.05, 3.63) is 29.3 Å².